The van der Waals surface area contributed by atoms with E-state index in [-0.39, 0.29) is 11.9 Å². The Kier molecular flexibility index (Phi) is 4.12. The fourth-order valence-electron chi connectivity index (χ4n) is 0.841. The monoisotopic (exact) mass is 231 g/mol. The van der Waals surface area contributed by atoms with Crippen LogP contribution in [0.3, 0.4) is 0 Å². The zero-order valence-corrected chi connectivity index (χ0v) is 10.0. The summed E-state index contributed by atoms with van der Waals surface area (Å²) in [6.45, 7) is 5.74. The highest BCUT2D eigenvalue weighted by Crippen LogP contribution is 2.18. The van der Waals surface area contributed by atoms with Gasteiger partial charge in [0.05, 0.1) is 17.9 Å². The molecule has 0 amide bonds. The number of hydrogen-bond donors (Lipinski definition) is 2. The Morgan fingerprint density at radius 2 is 2.27 bits per heavy atom. The molecule has 0 saturated carbocycles. The second-order valence-electron chi connectivity index (χ2n) is 4.04. The molecule has 0 fully saturated rings. The standard InChI is InChI=1S/C9H17N3O2S/c1-6(4-13)15-5-7-11-8(12-14-7)9(2,3)10/h6,13H,4-5,10H2,1-3H3. The van der Waals surface area contributed by atoms with Crippen LogP contribution >= 0.6 is 11.8 Å². The predicted molar refractivity (Wildman–Crippen MR) is 59.4 cm³/mol. The number of nitrogens with two attached hydrogens (primary N) is 1. The minimum atomic E-state index is -0.574. The van der Waals surface area contributed by atoms with Crippen molar-refractivity contribution in [2.24, 2.45) is 5.73 Å². The highest BCUT2D eigenvalue weighted by molar-refractivity contribution is 7.99. The molecule has 15 heavy (non-hydrogen) atoms. The van der Waals surface area contributed by atoms with Crippen molar-refractivity contribution in [3.05, 3.63) is 11.7 Å². The average molecular weight is 231 g/mol. The molecular formula is C9H17N3O2S. The molecule has 0 spiro atoms. The van der Waals surface area contributed by atoms with Gasteiger partial charge in [0.15, 0.2) is 5.82 Å². The van der Waals surface area contributed by atoms with Gasteiger partial charge in [0.1, 0.15) is 0 Å². The summed E-state index contributed by atoms with van der Waals surface area (Å²) in [6, 6.07) is 0. The lowest BCUT2D eigenvalue weighted by molar-refractivity contribution is 0.300. The van der Waals surface area contributed by atoms with Crippen LogP contribution in [0.4, 0.5) is 0 Å². The van der Waals surface area contributed by atoms with Crippen molar-refractivity contribution in [2.45, 2.75) is 37.3 Å². The van der Waals surface area contributed by atoms with Crippen molar-refractivity contribution in [3.8, 4) is 0 Å². The number of aromatic nitrogens is 2. The van der Waals surface area contributed by atoms with Gasteiger partial charge in [-0.2, -0.15) is 4.98 Å². The quantitative estimate of drug-likeness (QED) is 0.782. The highest BCUT2D eigenvalue weighted by Gasteiger charge is 2.21. The molecule has 1 heterocycles. The van der Waals surface area contributed by atoms with Crippen LogP contribution in [0.15, 0.2) is 4.52 Å². The maximum Gasteiger partial charge on any atom is 0.236 e. The smallest absolute Gasteiger partial charge is 0.236 e. The van der Waals surface area contributed by atoms with Gasteiger partial charge in [0, 0.05) is 5.25 Å². The zero-order chi connectivity index (χ0) is 11.5. The van der Waals surface area contributed by atoms with Crippen molar-refractivity contribution < 1.29 is 9.63 Å². The van der Waals surface area contributed by atoms with E-state index in [0.29, 0.717) is 17.5 Å². The van der Waals surface area contributed by atoms with Gasteiger partial charge in [-0.3, -0.25) is 0 Å². The summed E-state index contributed by atoms with van der Waals surface area (Å²) in [7, 11) is 0. The van der Waals surface area contributed by atoms with Gasteiger partial charge in [-0.25, -0.2) is 0 Å². The number of thioether (sulfide) groups is 1. The molecule has 1 rings (SSSR count). The van der Waals surface area contributed by atoms with E-state index in [1.807, 2.05) is 20.8 Å². The van der Waals surface area contributed by atoms with Crippen LogP contribution in [-0.4, -0.2) is 27.1 Å². The molecule has 6 heteroatoms. The number of aliphatic hydroxyl groups is 1. The summed E-state index contributed by atoms with van der Waals surface area (Å²) in [5.41, 5.74) is 5.25. The summed E-state index contributed by atoms with van der Waals surface area (Å²) in [5.74, 6) is 1.66. The summed E-state index contributed by atoms with van der Waals surface area (Å²) in [4.78, 5) is 4.18. The average Bonchev–Trinajstić information content (AvgIpc) is 2.61. The van der Waals surface area contributed by atoms with E-state index in [4.69, 9.17) is 15.4 Å². The van der Waals surface area contributed by atoms with Crippen molar-refractivity contribution in [1.29, 1.82) is 0 Å². The van der Waals surface area contributed by atoms with Crippen molar-refractivity contribution in [3.63, 3.8) is 0 Å². The first-order valence-electron chi connectivity index (χ1n) is 4.78. The molecule has 0 aliphatic heterocycles. The van der Waals surface area contributed by atoms with Crippen LogP contribution in [0, 0.1) is 0 Å². The molecule has 0 radical (unpaired) electrons. The largest absolute Gasteiger partial charge is 0.395 e. The Morgan fingerprint density at radius 1 is 1.60 bits per heavy atom. The maximum absolute atomic E-state index is 8.84. The Bertz CT molecular complexity index is 309. The van der Waals surface area contributed by atoms with Gasteiger partial charge >= 0.3 is 0 Å². The predicted octanol–water partition coefficient (Wildman–Crippen LogP) is 0.877. The highest BCUT2D eigenvalue weighted by atomic mass is 32.2. The number of nitrogens with zero attached hydrogens (tertiary/aromatic N) is 2. The first kappa shape index (κ1) is 12.5. The van der Waals surface area contributed by atoms with Crippen LogP contribution in [0.2, 0.25) is 0 Å². The lowest BCUT2D eigenvalue weighted by Crippen LogP contribution is -2.30. The van der Waals surface area contributed by atoms with E-state index in [0.717, 1.165) is 0 Å². The first-order chi connectivity index (χ1) is 6.93. The van der Waals surface area contributed by atoms with Crippen molar-refractivity contribution in [1.82, 2.24) is 10.1 Å². The van der Waals surface area contributed by atoms with Gasteiger partial charge in [-0.1, -0.05) is 12.1 Å². The Balaban J connectivity index is 2.54. The SMILES string of the molecule is CC(CO)SCc1nc(C(C)(C)N)no1. The van der Waals surface area contributed by atoms with Gasteiger partial charge in [0.2, 0.25) is 5.89 Å². The second-order valence-corrected chi connectivity index (χ2v) is 5.46. The van der Waals surface area contributed by atoms with E-state index in [2.05, 4.69) is 10.1 Å². The molecule has 0 aromatic carbocycles. The van der Waals surface area contributed by atoms with Crippen LogP contribution < -0.4 is 5.73 Å². The summed E-state index contributed by atoms with van der Waals surface area (Å²) < 4.78 is 5.04. The third-order valence-corrected chi connectivity index (χ3v) is 2.92. The van der Waals surface area contributed by atoms with E-state index < -0.39 is 5.54 Å². The van der Waals surface area contributed by atoms with Crippen molar-refractivity contribution >= 4 is 11.8 Å². The van der Waals surface area contributed by atoms with E-state index in [9.17, 15) is 0 Å². The normalized spacial score (nSPS) is 14.2. The molecule has 3 N–H and O–H groups in total. The molecule has 1 unspecified atom stereocenters. The van der Waals surface area contributed by atoms with E-state index in [1.54, 1.807) is 11.8 Å². The molecule has 0 saturated heterocycles. The lowest BCUT2D eigenvalue weighted by atomic mass is 10.1. The van der Waals surface area contributed by atoms with Crippen LogP contribution in [-0.2, 0) is 11.3 Å². The maximum atomic E-state index is 8.84. The topological polar surface area (TPSA) is 85.2 Å². The Hall–Kier alpha value is -0.590. The summed E-state index contributed by atoms with van der Waals surface area (Å²) in [6.07, 6.45) is 0. The summed E-state index contributed by atoms with van der Waals surface area (Å²) >= 11 is 1.57. The van der Waals surface area contributed by atoms with Crippen molar-refractivity contribution in [2.75, 3.05) is 6.61 Å². The van der Waals surface area contributed by atoms with Crippen LogP contribution in [0.5, 0.6) is 0 Å². The number of rotatable bonds is 5. The van der Waals surface area contributed by atoms with Gasteiger partial charge in [-0.05, 0) is 13.8 Å². The molecule has 1 atom stereocenters. The zero-order valence-electron chi connectivity index (χ0n) is 9.23. The molecule has 0 aliphatic carbocycles. The Morgan fingerprint density at radius 3 is 2.73 bits per heavy atom. The van der Waals surface area contributed by atoms with Crippen LogP contribution in [0.1, 0.15) is 32.5 Å². The fraction of sp³-hybridized carbons (Fsp3) is 0.778. The number of hydrogen-bond acceptors (Lipinski definition) is 6. The molecule has 5 nitrogen and oxygen atoms in total. The second kappa shape index (κ2) is 4.96. The minimum Gasteiger partial charge on any atom is -0.395 e. The van der Waals surface area contributed by atoms with Gasteiger partial charge in [-0.15, -0.1) is 11.8 Å². The molecular weight excluding hydrogens is 214 g/mol. The molecule has 0 bridgehead atoms. The van der Waals surface area contributed by atoms with E-state index >= 15 is 0 Å². The van der Waals surface area contributed by atoms with Gasteiger partial charge < -0.3 is 15.4 Å². The Labute approximate surface area is 93.4 Å². The summed E-state index contributed by atoms with van der Waals surface area (Å²) in [5, 5.41) is 12.8. The van der Waals surface area contributed by atoms with Crippen LogP contribution in [0.25, 0.3) is 0 Å². The van der Waals surface area contributed by atoms with E-state index in [1.165, 1.54) is 0 Å². The first-order valence-corrected chi connectivity index (χ1v) is 5.82. The molecule has 0 aliphatic rings. The van der Waals surface area contributed by atoms with Gasteiger partial charge in [0.25, 0.3) is 0 Å². The lowest BCUT2D eigenvalue weighted by Gasteiger charge is -2.11. The molecule has 1 aromatic heterocycles. The number of aliphatic hydroxyl groups excluding tert-OH is 1. The molecule has 86 valence electrons. The fourth-order valence-corrected chi connectivity index (χ4v) is 1.49. The third-order valence-electron chi connectivity index (χ3n) is 1.79. The minimum absolute atomic E-state index is 0.147. The molecule has 1 aromatic rings. The third kappa shape index (κ3) is 3.81.